The summed E-state index contributed by atoms with van der Waals surface area (Å²) in [6, 6.07) is 0. The quantitative estimate of drug-likeness (QED) is 0.0449. The number of rotatable bonds is 22. The molecule has 4 amide bonds. The highest BCUT2D eigenvalue weighted by Crippen LogP contribution is 2.74. The Balaban J connectivity index is 0.000000185. The molecule has 0 saturated heterocycles. The van der Waals surface area contributed by atoms with Gasteiger partial charge >= 0.3 is 0 Å². The fraction of sp³-hybridized carbons (Fsp3) is 0.960. The van der Waals surface area contributed by atoms with Crippen LogP contribution in [0.2, 0.25) is 0 Å². The lowest BCUT2D eigenvalue weighted by Gasteiger charge is -2.63. The summed E-state index contributed by atoms with van der Waals surface area (Å²) in [7, 11) is 0. The Morgan fingerprint density at radius 2 is 0.568 bits per heavy atom. The molecule has 0 aromatic carbocycles. The second-order valence-electron chi connectivity index (χ2n) is 47.7. The van der Waals surface area contributed by atoms with Gasteiger partial charge in [-0.1, -0.05) is 96.4 Å². The predicted molar refractivity (Wildman–Crippen MR) is 462 cm³/mol. The van der Waals surface area contributed by atoms with Crippen LogP contribution in [0.15, 0.2) is 0 Å². The molecule has 0 aromatic heterocycles. The summed E-state index contributed by atoms with van der Waals surface area (Å²) in [6.45, 7) is 32.4. The lowest BCUT2D eigenvalue weighted by Crippen LogP contribution is -2.62. The van der Waals surface area contributed by atoms with Crippen LogP contribution in [-0.2, 0) is 19.2 Å². The summed E-state index contributed by atoms with van der Waals surface area (Å²) in [4.78, 5) is 52.1. The first-order valence-electron chi connectivity index (χ1n) is 50.0. The summed E-state index contributed by atoms with van der Waals surface area (Å²) in [5.74, 6) is 11.0. The van der Waals surface area contributed by atoms with Crippen molar-refractivity contribution in [3.8, 4) is 0 Å². The average Bonchev–Trinajstić information content (AvgIpc) is 1.43. The molecule has 17 heteroatoms. The minimum atomic E-state index is -0.436. The van der Waals surface area contributed by atoms with Gasteiger partial charge in [-0.25, -0.2) is 0 Å². The largest absolute Gasteiger partial charge is 0.393 e. The topological polar surface area (TPSA) is 298 Å². The monoisotopic (exact) mass is 1650 g/mol. The van der Waals surface area contributed by atoms with Gasteiger partial charge in [0.1, 0.15) is 0 Å². The lowest BCUT2D eigenvalue weighted by molar-refractivity contribution is -0.207. The summed E-state index contributed by atoms with van der Waals surface area (Å²) in [5.41, 5.74) is 0.0660. The molecule has 16 fully saturated rings. The van der Waals surface area contributed by atoms with Crippen molar-refractivity contribution >= 4 is 23.6 Å². The molecular weight excluding hydrogens is 1480 g/mol. The van der Waals surface area contributed by atoms with E-state index < -0.39 is 12.2 Å². The molecule has 0 heterocycles. The molecular formula is C101H170N4O13. The number of aliphatic hydroxyl groups excluding tert-OH is 9. The maximum Gasteiger partial charge on any atom is 0.220 e. The van der Waals surface area contributed by atoms with E-state index in [0.29, 0.717) is 128 Å². The molecule has 42 atom stereocenters. The minimum absolute atomic E-state index is 0.0131. The van der Waals surface area contributed by atoms with Gasteiger partial charge in [-0.15, -0.1) is 0 Å². The Labute approximate surface area is 712 Å². The molecule has 16 unspecified atom stereocenters. The first-order valence-corrected chi connectivity index (χ1v) is 50.0. The van der Waals surface area contributed by atoms with E-state index in [1.165, 1.54) is 64.2 Å². The van der Waals surface area contributed by atoms with Gasteiger partial charge in [-0.05, 0) is 403 Å². The van der Waals surface area contributed by atoms with Crippen LogP contribution in [0.5, 0.6) is 0 Å². The van der Waals surface area contributed by atoms with Gasteiger partial charge in [0, 0.05) is 51.9 Å². The number of aliphatic hydroxyl groups is 9. The summed E-state index contributed by atoms with van der Waals surface area (Å²) in [5, 5.41) is 114. The normalized spacial score (nSPS) is 51.1. The van der Waals surface area contributed by atoms with E-state index in [2.05, 4.69) is 111 Å². The molecule has 0 radical (unpaired) electrons. The van der Waals surface area contributed by atoms with Crippen molar-refractivity contribution in [1.82, 2.24) is 21.3 Å². The Morgan fingerprint density at radius 3 is 0.898 bits per heavy atom. The molecule has 0 bridgehead atoms. The zero-order valence-corrected chi connectivity index (χ0v) is 76.0. The van der Waals surface area contributed by atoms with Crippen molar-refractivity contribution in [3.63, 3.8) is 0 Å². The van der Waals surface area contributed by atoms with Crippen molar-refractivity contribution in [1.29, 1.82) is 0 Å². The fourth-order valence-electron chi connectivity index (χ4n) is 36.2. The molecule has 16 rings (SSSR count). The highest BCUT2D eigenvalue weighted by atomic mass is 16.3. The Hall–Kier alpha value is -2.48. The summed E-state index contributed by atoms with van der Waals surface area (Å²) >= 11 is 0. The zero-order valence-electron chi connectivity index (χ0n) is 76.0. The van der Waals surface area contributed by atoms with Crippen LogP contribution in [-0.4, -0.2) is 151 Å². The van der Waals surface area contributed by atoms with Gasteiger partial charge in [0.25, 0.3) is 0 Å². The van der Waals surface area contributed by atoms with Crippen molar-refractivity contribution in [2.45, 2.75) is 389 Å². The van der Waals surface area contributed by atoms with Gasteiger partial charge in [0.05, 0.1) is 54.9 Å². The molecule has 672 valence electrons. The zero-order chi connectivity index (χ0) is 84.5. The van der Waals surface area contributed by atoms with Crippen LogP contribution in [0.25, 0.3) is 0 Å². The Kier molecular flexibility index (Phi) is 26.7. The standard InChI is InChI=1S/C51H86N2O5.C50H84N2O8/c1-30-20-22-48(4)33(26-30)10-12-36-40-16-14-38(50(40,6)44(55)28-42(36)48)31(2)8-18-46(57)52-24-25-53-47(58)19-9-32(3)39-15-17-41-37-13-11-34-27-35(54)21-23-49(34,5)43(37)29-45(56)51(39,41)7;1-27(33-9-11-35-45-37(25-41(57)49(33,35)5)47(3)17-15-31(53)21-29(47)23-39(45)55)7-13-43(59)51-19-20-52-44(60)14-8-28(2)34-10-12-36-46-38(26-42(58)50(34,36)6)48(4)18-16-32(54)22-30(48)24-40(46)56/h30-45,54-56H,8-29H2,1-7H3,(H,52,57)(H,53,58);27-42,45-46,53-58H,7-26H2,1-6H3,(H,51,59)(H,52,60)/t30-,31-,32-,33?,34?,35-,36?,37?,38-,39-,40?,41?,42?,43?,44+,45+,48+,49+,50-,51-;27-,28-,29?,30?,31-,32-,33-,34-,35?,36?,37?,38?,39-,40-,41+,42+,45?,46?,47+,48+,49-,50-/m11/s1. The smallest absolute Gasteiger partial charge is 0.220 e. The van der Waals surface area contributed by atoms with E-state index in [1.54, 1.807) is 0 Å². The van der Waals surface area contributed by atoms with Crippen LogP contribution in [0.3, 0.4) is 0 Å². The first kappa shape index (κ1) is 90.3. The SMILES string of the molecule is C[C@@H]1CC[C@@]2(C)C(CCC3C2C[C@H](O)[C@@]2(C)C3CC[C@@H]2[C@H](C)CCC(=O)NCCNC(=O)CC[C@@H](C)[C@H]2CCC3C4CCC5C[C@H](O)CC[C@]5(C)C4C[C@H](O)[C@@]32C)C1.C[C@H](CCC(=O)NCCNC(=O)CC[C@@H](C)[C@H]1CCC2C3C(C[C@H](O)[C@@]21C)[C@@]1(C)CC[C@@H](O)CC1C[C@H]3O)[C@H]1CCC2C3C(C[C@H](O)[C@@]21C)[C@@]1(C)CC[C@@H](O)CC1C[C@H]3O. The minimum Gasteiger partial charge on any atom is -0.393 e. The second-order valence-corrected chi connectivity index (χ2v) is 47.7. The predicted octanol–water partition coefficient (Wildman–Crippen LogP) is 15.3. The Bertz CT molecular complexity index is 3270. The molecule has 13 N–H and O–H groups in total. The van der Waals surface area contributed by atoms with E-state index in [9.17, 15) is 65.1 Å². The van der Waals surface area contributed by atoms with Crippen LogP contribution in [0.4, 0.5) is 0 Å². The van der Waals surface area contributed by atoms with Crippen LogP contribution < -0.4 is 21.3 Å². The maximum absolute atomic E-state index is 13.0. The first-order chi connectivity index (χ1) is 55.8. The number of hydrogen-bond acceptors (Lipinski definition) is 13. The number of fused-ring (bicyclic) bond motifs is 20. The van der Waals surface area contributed by atoms with Crippen molar-refractivity contribution < 1.29 is 65.1 Å². The number of carbonyl (C=O) groups is 4. The average molecular weight is 1650 g/mol. The van der Waals surface area contributed by atoms with E-state index >= 15 is 0 Å². The van der Waals surface area contributed by atoms with E-state index in [4.69, 9.17) is 0 Å². The van der Waals surface area contributed by atoms with Gasteiger partial charge in [-0.3, -0.25) is 19.2 Å². The second kappa shape index (κ2) is 34.9. The lowest BCUT2D eigenvalue weighted by atomic mass is 9.43. The molecule has 17 nitrogen and oxygen atoms in total. The Morgan fingerprint density at radius 1 is 0.297 bits per heavy atom. The third kappa shape index (κ3) is 15.8. The number of nitrogens with one attached hydrogen (secondary N) is 4. The molecule has 0 aliphatic heterocycles. The van der Waals surface area contributed by atoms with Crippen LogP contribution in [0, 0.1) is 191 Å². The van der Waals surface area contributed by atoms with E-state index in [-0.39, 0.29) is 163 Å². The third-order valence-corrected chi connectivity index (χ3v) is 43.2. The highest BCUT2D eigenvalue weighted by molar-refractivity contribution is 5.78. The number of hydrogen-bond donors (Lipinski definition) is 13. The maximum atomic E-state index is 13.0. The van der Waals surface area contributed by atoms with E-state index in [1.807, 2.05) is 0 Å². The molecule has 0 spiro atoms. The molecule has 118 heavy (non-hydrogen) atoms. The van der Waals surface area contributed by atoms with E-state index in [0.717, 1.165) is 172 Å². The van der Waals surface area contributed by atoms with Gasteiger partial charge in [-0.2, -0.15) is 0 Å². The molecule has 16 saturated carbocycles. The number of amides is 4. The fourth-order valence-corrected chi connectivity index (χ4v) is 36.2. The van der Waals surface area contributed by atoms with Crippen LogP contribution in [0.1, 0.15) is 334 Å². The summed E-state index contributed by atoms with van der Waals surface area (Å²) in [6.07, 6.45) is 33.0. The van der Waals surface area contributed by atoms with Crippen LogP contribution >= 0.6 is 0 Å². The molecule has 16 aliphatic rings. The van der Waals surface area contributed by atoms with Gasteiger partial charge < -0.3 is 67.2 Å². The molecule has 0 aromatic rings. The van der Waals surface area contributed by atoms with Gasteiger partial charge in [0.15, 0.2) is 0 Å². The number of carbonyl (C=O) groups excluding carboxylic acids is 4. The third-order valence-electron chi connectivity index (χ3n) is 43.2. The van der Waals surface area contributed by atoms with Gasteiger partial charge in [0.2, 0.25) is 23.6 Å². The highest BCUT2D eigenvalue weighted by Gasteiger charge is 2.70. The molecule has 16 aliphatic carbocycles. The van der Waals surface area contributed by atoms with Crippen molar-refractivity contribution in [2.24, 2.45) is 191 Å². The summed E-state index contributed by atoms with van der Waals surface area (Å²) < 4.78 is 0. The van der Waals surface area contributed by atoms with Crippen molar-refractivity contribution in [3.05, 3.63) is 0 Å². The van der Waals surface area contributed by atoms with Crippen molar-refractivity contribution in [2.75, 3.05) is 26.2 Å².